The quantitative estimate of drug-likeness (QED) is 0.431. The number of aryl methyl sites for hydroxylation is 1. The SMILES string of the molecule is C[C@@](N)(CCCc1ccc(Sc2cccc(C(F)F)c2)cc1Cl)CP(=O)(O)O. The number of rotatable bonds is 9. The summed E-state index contributed by atoms with van der Waals surface area (Å²) in [5.74, 6) is 0. The first kappa shape index (κ1) is 23.3. The molecule has 0 aliphatic carbocycles. The monoisotopic (exact) mass is 449 g/mol. The largest absolute Gasteiger partial charge is 0.327 e. The molecule has 0 saturated heterocycles. The summed E-state index contributed by atoms with van der Waals surface area (Å²) in [6, 6.07) is 11.7. The maximum absolute atomic E-state index is 12.8. The van der Waals surface area contributed by atoms with Gasteiger partial charge in [0.25, 0.3) is 6.43 Å². The fourth-order valence-electron chi connectivity index (χ4n) is 2.88. The summed E-state index contributed by atoms with van der Waals surface area (Å²) in [6.07, 6.45) is -1.16. The fraction of sp³-hybridized carbons (Fsp3) is 0.368. The number of hydrogen-bond acceptors (Lipinski definition) is 3. The minimum Gasteiger partial charge on any atom is -0.325 e. The fourth-order valence-corrected chi connectivity index (χ4v) is 5.24. The minimum absolute atomic E-state index is 0.0205. The van der Waals surface area contributed by atoms with Gasteiger partial charge in [-0.1, -0.05) is 41.6 Å². The maximum Gasteiger partial charge on any atom is 0.327 e. The van der Waals surface area contributed by atoms with Crippen LogP contribution < -0.4 is 5.73 Å². The Hall–Kier alpha value is -0.950. The first-order valence-electron chi connectivity index (χ1n) is 8.63. The van der Waals surface area contributed by atoms with Gasteiger partial charge in [-0.05, 0) is 56.0 Å². The van der Waals surface area contributed by atoms with Crippen LogP contribution in [0.3, 0.4) is 0 Å². The molecule has 4 N–H and O–H groups in total. The number of benzene rings is 2. The van der Waals surface area contributed by atoms with E-state index in [1.165, 1.54) is 23.9 Å². The van der Waals surface area contributed by atoms with Crippen LogP contribution in [0.5, 0.6) is 0 Å². The molecule has 9 heteroatoms. The predicted octanol–water partition coefficient (Wildman–Crippen LogP) is 5.65. The predicted molar refractivity (Wildman–Crippen MR) is 109 cm³/mol. The van der Waals surface area contributed by atoms with Crippen molar-refractivity contribution in [3.8, 4) is 0 Å². The van der Waals surface area contributed by atoms with Crippen LogP contribution in [0, 0.1) is 0 Å². The van der Waals surface area contributed by atoms with Crippen LogP contribution in [0.4, 0.5) is 8.78 Å². The van der Waals surface area contributed by atoms with E-state index in [1.54, 1.807) is 25.1 Å². The second-order valence-corrected chi connectivity index (χ2v) is 10.3. The summed E-state index contributed by atoms with van der Waals surface area (Å²) in [7, 11) is -4.16. The Balaban J connectivity index is 1.97. The van der Waals surface area contributed by atoms with E-state index in [-0.39, 0.29) is 11.7 Å². The Kier molecular flexibility index (Phi) is 8.08. The van der Waals surface area contributed by atoms with Gasteiger partial charge in [-0.15, -0.1) is 0 Å². The van der Waals surface area contributed by atoms with Crippen molar-refractivity contribution in [3.05, 3.63) is 58.6 Å². The van der Waals surface area contributed by atoms with E-state index in [4.69, 9.17) is 27.1 Å². The van der Waals surface area contributed by atoms with Crippen molar-refractivity contribution in [3.63, 3.8) is 0 Å². The van der Waals surface area contributed by atoms with Gasteiger partial charge in [0, 0.05) is 25.9 Å². The van der Waals surface area contributed by atoms with Crippen molar-refractivity contribution < 1.29 is 23.1 Å². The standard InChI is InChI=1S/C19H23ClF2NO3PS/c1-19(23,12-27(24,25)26)9-3-5-13-7-8-16(11-17(13)20)28-15-6-2-4-14(10-15)18(21)22/h2,4,6-8,10-11,18H,3,5,9,12,23H2,1H3,(H2,24,25,26)/t19-/m1/s1. The van der Waals surface area contributed by atoms with E-state index < -0.39 is 19.6 Å². The normalized spacial score (nSPS) is 14.3. The van der Waals surface area contributed by atoms with Crippen LogP contribution in [-0.4, -0.2) is 21.5 Å². The molecule has 0 aromatic heterocycles. The molecule has 0 aliphatic heterocycles. The van der Waals surface area contributed by atoms with Crippen molar-refractivity contribution in [1.29, 1.82) is 0 Å². The third-order valence-electron chi connectivity index (χ3n) is 4.13. The summed E-state index contributed by atoms with van der Waals surface area (Å²) in [5, 5.41) is 0.559. The average Bonchev–Trinajstić information content (AvgIpc) is 2.55. The van der Waals surface area contributed by atoms with E-state index in [1.807, 2.05) is 12.1 Å². The van der Waals surface area contributed by atoms with Crippen molar-refractivity contribution in [1.82, 2.24) is 0 Å². The van der Waals surface area contributed by atoms with Gasteiger partial charge >= 0.3 is 7.60 Å². The van der Waals surface area contributed by atoms with Crippen LogP contribution in [0.15, 0.2) is 52.3 Å². The van der Waals surface area contributed by atoms with Gasteiger partial charge in [-0.25, -0.2) is 8.78 Å². The Morgan fingerprint density at radius 2 is 1.89 bits per heavy atom. The zero-order chi connectivity index (χ0) is 20.9. The molecule has 0 aliphatic rings. The summed E-state index contributed by atoms with van der Waals surface area (Å²) in [6.45, 7) is 1.63. The lowest BCUT2D eigenvalue weighted by Gasteiger charge is -2.24. The van der Waals surface area contributed by atoms with Gasteiger partial charge in [-0.2, -0.15) is 0 Å². The van der Waals surface area contributed by atoms with Crippen molar-refractivity contribution in [2.45, 2.75) is 47.9 Å². The van der Waals surface area contributed by atoms with Gasteiger partial charge in [0.2, 0.25) is 0 Å². The van der Waals surface area contributed by atoms with Gasteiger partial charge in [0.15, 0.2) is 0 Å². The van der Waals surface area contributed by atoms with E-state index in [2.05, 4.69) is 0 Å². The number of halogens is 3. The van der Waals surface area contributed by atoms with Crippen molar-refractivity contribution >= 4 is 31.0 Å². The number of hydrogen-bond donors (Lipinski definition) is 3. The van der Waals surface area contributed by atoms with E-state index in [0.717, 1.165) is 10.5 Å². The van der Waals surface area contributed by atoms with E-state index in [9.17, 15) is 13.3 Å². The Morgan fingerprint density at radius 1 is 1.21 bits per heavy atom. The molecule has 0 unspecified atom stereocenters. The minimum atomic E-state index is -4.16. The molecular formula is C19H23ClF2NO3PS. The molecule has 0 fully saturated rings. The average molecular weight is 450 g/mol. The summed E-state index contributed by atoms with van der Waals surface area (Å²) in [4.78, 5) is 19.7. The Bertz CT molecular complexity index is 861. The Labute approximate surface area is 172 Å². The third kappa shape index (κ3) is 7.82. The second-order valence-electron chi connectivity index (χ2n) is 7.06. The third-order valence-corrected chi connectivity index (χ3v) is 6.60. The molecule has 0 heterocycles. The molecule has 0 amide bonds. The van der Waals surface area contributed by atoms with Crippen LogP contribution in [-0.2, 0) is 11.0 Å². The molecule has 2 aromatic rings. The molecular weight excluding hydrogens is 427 g/mol. The first-order valence-corrected chi connectivity index (χ1v) is 11.6. The van der Waals surface area contributed by atoms with Gasteiger partial charge in [0.05, 0.1) is 6.16 Å². The molecule has 0 radical (unpaired) electrons. The Morgan fingerprint density at radius 3 is 2.50 bits per heavy atom. The molecule has 28 heavy (non-hydrogen) atoms. The molecule has 2 rings (SSSR count). The molecule has 0 saturated carbocycles. The zero-order valence-corrected chi connectivity index (χ0v) is 17.8. The first-order chi connectivity index (χ1) is 13.0. The molecule has 4 nitrogen and oxygen atoms in total. The van der Waals surface area contributed by atoms with Gasteiger partial charge in [0.1, 0.15) is 0 Å². The highest BCUT2D eigenvalue weighted by Gasteiger charge is 2.28. The highest BCUT2D eigenvalue weighted by molar-refractivity contribution is 7.99. The summed E-state index contributed by atoms with van der Waals surface area (Å²) in [5.41, 5.74) is 5.90. The van der Waals surface area contributed by atoms with Crippen LogP contribution in [0.25, 0.3) is 0 Å². The zero-order valence-electron chi connectivity index (χ0n) is 15.3. The molecule has 0 bridgehead atoms. The lowest BCUT2D eigenvalue weighted by atomic mass is 9.96. The maximum atomic E-state index is 12.8. The molecule has 1 atom stereocenters. The second kappa shape index (κ2) is 9.70. The smallest absolute Gasteiger partial charge is 0.325 e. The molecule has 0 spiro atoms. The van der Waals surface area contributed by atoms with Gasteiger partial charge in [-0.3, -0.25) is 4.57 Å². The molecule has 154 valence electrons. The van der Waals surface area contributed by atoms with Crippen LogP contribution in [0.1, 0.15) is 37.3 Å². The molecule has 2 aromatic carbocycles. The topological polar surface area (TPSA) is 83.6 Å². The van der Waals surface area contributed by atoms with E-state index >= 15 is 0 Å². The lowest BCUT2D eigenvalue weighted by Crippen LogP contribution is -2.40. The van der Waals surface area contributed by atoms with Crippen molar-refractivity contribution in [2.75, 3.05) is 6.16 Å². The lowest BCUT2D eigenvalue weighted by molar-refractivity contribution is 0.151. The highest BCUT2D eigenvalue weighted by atomic mass is 35.5. The number of alkyl halides is 2. The van der Waals surface area contributed by atoms with E-state index in [0.29, 0.717) is 29.2 Å². The van der Waals surface area contributed by atoms with Crippen LogP contribution >= 0.6 is 31.0 Å². The van der Waals surface area contributed by atoms with Crippen LogP contribution in [0.2, 0.25) is 5.02 Å². The van der Waals surface area contributed by atoms with Crippen molar-refractivity contribution in [2.24, 2.45) is 5.73 Å². The van der Waals surface area contributed by atoms with Gasteiger partial charge < -0.3 is 15.5 Å². The summed E-state index contributed by atoms with van der Waals surface area (Å²) >= 11 is 7.70. The number of nitrogens with two attached hydrogens (primary N) is 1. The summed E-state index contributed by atoms with van der Waals surface area (Å²) < 4.78 is 36.8. The highest BCUT2D eigenvalue weighted by Crippen LogP contribution is 2.39.